The van der Waals surface area contributed by atoms with Gasteiger partial charge in [-0.3, -0.25) is 0 Å². The number of piperazine rings is 1. The van der Waals surface area contributed by atoms with E-state index in [1.165, 1.54) is 5.06 Å². The molecule has 60 valence electrons. The van der Waals surface area contributed by atoms with E-state index in [1.54, 1.807) is 0 Å². The van der Waals surface area contributed by atoms with Crippen LogP contribution in [-0.2, 0) is 0 Å². The molecule has 0 aromatic carbocycles. The van der Waals surface area contributed by atoms with Gasteiger partial charge in [-0.1, -0.05) is 13.3 Å². The average Bonchev–Trinajstić information content (AvgIpc) is 1.94. The Balaban J connectivity index is 2.25. The fraction of sp³-hybridized carbons (Fsp3) is 1.00. The molecule has 1 unspecified atom stereocenters. The first-order valence-electron chi connectivity index (χ1n) is 4.01. The highest BCUT2D eigenvalue weighted by Crippen LogP contribution is 2.05. The highest BCUT2D eigenvalue weighted by molar-refractivity contribution is 4.73. The summed E-state index contributed by atoms with van der Waals surface area (Å²) < 4.78 is 0. The Kier molecular flexibility index (Phi) is 3.12. The van der Waals surface area contributed by atoms with E-state index >= 15 is 0 Å². The van der Waals surface area contributed by atoms with Crippen LogP contribution in [0.2, 0.25) is 0 Å². The number of hydrogen-bond acceptors (Lipinski definition) is 3. The quantitative estimate of drug-likeness (QED) is 0.590. The minimum atomic E-state index is 0.346. The third-order valence-corrected chi connectivity index (χ3v) is 1.94. The lowest BCUT2D eigenvalue weighted by Crippen LogP contribution is -2.49. The highest BCUT2D eigenvalue weighted by atomic mass is 16.5. The van der Waals surface area contributed by atoms with Gasteiger partial charge in [0.25, 0.3) is 0 Å². The Morgan fingerprint density at radius 2 is 2.50 bits per heavy atom. The molecule has 1 rings (SSSR count). The summed E-state index contributed by atoms with van der Waals surface area (Å²) >= 11 is 0. The van der Waals surface area contributed by atoms with Crippen molar-refractivity contribution >= 4 is 0 Å². The van der Waals surface area contributed by atoms with Crippen LogP contribution in [0, 0.1) is 0 Å². The molecule has 1 aliphatic heterocycles. The van der Waals surface area contributed by atoms with Crippen LogP contribution in [0.3, 0.4) is 0 Å². The van der Waals surface area contributed by atoms with Gasteiger partial charge in [0.15, 0.2) is 0 Å². The topological polar surface area (TPSA) is 35.5 Å². The van der Waals surface area contributed by atoms with E-state index in [9.17, 15) is 5.21 Å². The minimum Gasteiger partial charge on any atom is -0.314 e. The van der Waals surface area contributed by atoms with Gasteiger partial charge in [0.05, 0.1) is 0 Å². The zero-order valence-electron chi connectivity index (χ0n) is 6.51. The minimum absolute atomic E-state index is 0.346. The third-order valence-electron chi connectivity index (χ3n) is 1.94. The molecule has 1 heterocycles. The summed E-state index contributed by atoms with van der Waals surface area (Å²) in [5.41, 5.74) is 0. The molecular weight excluding hydrogens is 128 g/mol. The molecule has 3 heteroatoms. The Hall–Kier alpha value is -0.120. The van der Waals surface area contributed by atoms with E-state index in [0.717, 1.165) is 32.5 Å². The van der Waals surface area contributed by atoms with Crippen molar-refractivity contribution in [2.45, 2.75) is 25.8 Å². The van der Waals surface area contributed by atoms with Crippen molar-refractivity contribution in [3.8, 4) is 0 Å². The smallest absolute Gasteiger partial charge is 0.0475 e. The van der Waals surface area contributed by atoms with E-state index < -0.39 is 0 Å². The Bertz CT molecular complexity index is 95.6. The first kappa shape index (κ1) is 7.98. The number of nitrogens with one attached hydrogen (secondary N) is 1. The first-order chi connectivity index (χ1) is 4.84. The molecule has 0 amide bonds. The molecule has 2 N–H and O–H groups in total. The SMILES string of the molecule is CCCC1CNCCN1O. The summed E-state index contributed by atoms with van der Waals surface area (Å²) in [5.74, 6) is 0. The fourth-order valence-corrected chi connectivity index (χ4v) is 1.33. The lowest BCUT2D eigenvalue weighted by molar-refractivity contribution is -0.137. The second-order valence-electron chi connectivity index (χ2n) is 2.81. The van der Waals surface area contributed by atoms with Crippen LogP contribution in [0.5, 0.6) is 0 Å². The number of hydroxylamine groups is 2. The summed E-state index contributed by atoms with van der Waals surface area (Å²) in [4.78, 5) is 0. The molecule has 0 radical (unpaired) electrons. The molecular formula is C7H16N2O. The molecule has 0 spiro atoms. The highest BCUT2D eigenvalue weighted by Gasteiger charge is 2.18. The van der Waals surface area contributed by atoms with Gasteiger partial charge in [-0.15, -0.1) is 0 Å². The predicted octanol–water partition coefficient (Wildman–Crippen LogP) is 0.450. The van der Waals surface area contributed by atoms with E-state index in [0.29, 0.717) is 6.04 Å². The maximum atomic E-state index is 9.29. The summed E-state index contributed by atoms with van der Waals surface area (Å²) in [6.07, 6.45) is 2.23. The third kappa shape index (κ3) is 1.94. The van der Waals surface area contributed by atoms with Gasteiger partial charge < -0.3 is 10.5 Å². The van der Waals surface area contributed by atoms with Crippen LogP contribution in [0.4, 0.5) is 0 Å². The maximum absolute atomic E-state index is 9.29. The Morgan fingerprint density at radius 3 is 3.10 bits per heavy atom. The van der Waals surface area contributed by atoms with E-state index in [1.807, 2.05) is 0 Å². The second kappa shape index (κ2) is 3.91. The van der Waals surface area contributed by atoms with Crippen molar-refractivity contribution in [3.05, 3.63) is 0 Å². The van der Waals surface area contributed by atoms with Crippen LogP contribution in [0.15, 0.2) is 0 Å². The molecule has 1 fully saturated rings. The first-order valence-corrected chi connectivity index (χ1v) is 4.01. The summed E-state index contributed by atoms with van der Waals surface area (Å²) in [5, 5.41) is 14.0. The molecule has 0 saturated carbocycles. The lowest BCUT2D eigenvalue weighted by Gasteiger charge is -2.30. The molecule has 0 aromatic rings. The largest absolute Gasteiger partial charge is 0.314 e. The summed E-state index contributed by atoms with van der Waals surface area (Å²) in [6.45, 7) is 4.76. The number of nitrogens with zero attached hydrogens (tertiary/aromatic N) is 1. The monoisotopic (exact) mass is 144 g/mol. The Labute approximate surface area is 62.0 Å². The predicted molar refractivity (Wildman–Crippen MR) is 40.1 cm³/mol. The van der Waals surface area contributed by atoms with Gasteiger partial charge in [-0.2, -0.15) is 5.06 Å². The van der Waals surface area contributed by atoms with Crippen molar-refractivity contribution in [1.29, 1.82) is 0 Å². The Morgan fingerprint density at radius 1 is 1.70 bits per heavy atom. The standard InChI is InChI=1S/C7H16N2O/c1-2-3-7-6-8-4-5-9(7)10/h7-8,10H,2-6H2,1H3. The molecule has 3 nitrogen and oxygen atoms in total. The van der Waals surface area contributed by atoms with Gasteiger partial charge in [-0.25, -0.2) is 0 Å². The molecule has 0 bridgehead atoms. The molecule has 10 heavy (non-hydrogen) atoms. The van der Waals surface area contributed by atoms with Crippen LogP contribution < -0.4 is 5.32 Å². The van der Waals surface area contributed by atoms with Crippen LogP contribution in [0.25, 0.3) is 0 Å². The van der Waals surface area contributed by atoms with Gasteiger partial charge in [0.2, 0.25) is 0 Å². The van der Waals surface area contributed by atoms with Crippen LogP contribution >= 0.6 is 0 Å². The normalized spacial score (nSPS) is 28.8. The van der Waals surface area contributed by atoms with E-state index in [-0.39, 0.29) is 0 Å². The van der Waals surface area contributed by atoms with Crippen molar-refractivity contribution in [2.24, 2.45) is 0 Å². The second-order valence-corrected chi connectivity index (χ2v) is 2.81. The molecule has 1 atom stereocenters. The molecule has 1 saturated heterocycles. The maximum Gasteiger partial charge on any atom is 0.0475 e. The molecule has 0 aromatic heterocycles. The molecule has 0 aliphatic carbocycles. The fourth-order valence-electron chi connectivity index (χ4n) is 1.33. The van der Waals surface area contributed by atoms with E-state index in [2.05, 4.69) is 12.2 Å². The van der Waals surface area contributed by atoms with Gasteiger partial charge >= 0.3 is 0 Å². The van der Waals surface area contributed by atoms with Crippen molar-refractivity contribution in [2.75, 3.05) is 19.6 Å². The number of rotatable bonds is 2. The van der Waals surface area contributed by atoms with Crippen molar-refractivity contribution in [1.82, 2.24) is 10.4 Å². The summed E-state index contributed by atoms with van der Waals surface area (Å²) in [7, 11) is 0. The van der Waals surface area contributed by atoms with Crippen LogP contribution in [-0.4, -0.2) is 35.9 Å². The zero-order valence-corrected chi connectivity index (χ0v) is 6.51. The van der Waals surface area contributed by atoms with Crippen molar-refractivity contribution in [3.63, 3.8) is 0 Å². The van der Waals surface area contributed by atoms with Gasteiger partial charge in [0, 0.05) is 25.7 Å². The van der Waals surface area contributed by atoms with Gasteiger partial charge in [-0.05, 0) is 6.42 Å². The van der Waals surface area contributed by atoms with Crippen LogP contribution in [0.1, 0.15) is 19.8 Å². The summed E-state index contributed by atoms with van der Waals surface area (Å²) in [6, 6.07) is 0.346. The lowest BCUT2D eigenvalue weighted by atomic mass is 10.1. The van der Waals surface area contributed by atoms with E-state index in [4.69, 9.17) is 0 Å². The average molecular weight is 144 g/mol. The van der Waals surface area contributed by atoms with Gasteiger partial charge in [0.1, 0.15) is 0 Å². The van der Waals surface area contributed by atoms with Crippen molar-refractivity contribution < 1.29 is 5.21 Å². The zero-order chi connectivity index (χ0) is 7.40. The number of hydrogen-bond donors (Lipinski definition) is 2. The molecule has 1 aliphatic rings.